The molecule has 9 heteroatoms. The number of amides is 1. The SMILES string of the molecule is C=CC1=CC=C(C(C)NC(=O)c2cc(C(=C)NCc3ccc(F)c(C)c3)n3ncc(C)c3n2)C=CC1.O=CS. The number of nitrogens with one attached hydrogen (secondary N) is 2. The molecule has 1 amide bonds. The molecule has 3 aromatic rings. The van der Waals surface area contributed by atoms with Crippen LogP contribution >= 0.6 is 12.6 Å². The van der Waals surface area contributed by atoms with Gasteiger partial charge in [-0.2, -0.15) is 5.10 Å². The Morgan fingerprint density at radius 1 is 1.26 bits per heavy atom. The van der Waals surface area contributed by atoms with Crippen molar-refractivity contribution >= 4 is 35.5 Å². The summed E-state index contributed by atoms with van der Waals surface area (Å²) in [6.07, 6.45) is 12.4. The molecule has 2 N–H and O–H groups in total. The van der Waals surface area contributed by atoms with E-state index in [0.717, 1.165) is 28.7 Å². The average Bonchev–Trinajstić information content (AvgIpc) is 3.13. The fourth-order valence-electron chi connectivity index (χ4n) is 3.97. The first-order valence-electron chi connectivity index (χ1n) is 12.3. The van der Waals surface area contributed by atoms with E-state index in [9.17, 15) is 9.18 Å². The van der Waals surface area contributed by atoms with Crippen molar-refractivity contribution in [3.05, 3.63) is 119 Å². The van der Waals surface area contributed by atoms with E-state index in [1.807, 2.05) is 38.2 Å². The lowest BCUT2D eigenvalue weighted by molar-refractivity contribution is 0.0941. The Morgan fingerprint density at radius 2 is 2.00 bits per heavy atom. The lowest BCUT2D eigenvalue weighted by atomic mass is 10.1. The van der Waals surface area contributed by atoms with Crippen molar-refractivity contribution in [3.63, 3.8) is 0 Å². The van der Waals surface area contributed by atoms with E-state index < -0.39 is 0 Å². The molecule has 2 aromatic heterocycles. The molecule has 0 saturated carbocycles. The maximum atomic E-state index is 13.6. The molecule has 0 aliphatic heterocycles. The van der Waals surface area contributed by atoms with Crippen LogP contribution in [-0.2, 0) is 11.3 Å². The topological polar surface area (TPSA) is 88.4 Å². The zero-order chi connectivity index (χ0) is 28.5. The van der Waals surface area contributed by atoms with E-state index in [0.29, 0.717) is 34.8 Å². The molecule has 1 aromatic carbocycles. The summed E-state index contributed by atoms with van der Waals surface area (Å²) in [4.78, 5) is 26.5. The Balaban J connectivity index is 0.00000134. The lowest BCUT2D eigenvalue weighted by Crippen LogP contribution is -2.34. The second kappa shape index (κ2) is 13.5. The monoisotopic (exact) mass is 545 g/mol. The van der Waals surface area contributed by atoms with E-state index in [4.69, 9.17) is 4.79 Å². The zero-order valence-electron chi connectivity index (χ0n) is 22.2. The highest BCUT2D eigenvalue weighted by atomic mass is 32.1. The van der Waals surface area contributed by atoms with Gasteiger partial charge in [-0.25, -0.2) is 13.9 Å². The smallest absolute Gasteiger partial charge is 0.270 e. The summed E-state index contributed by atoms with van der Waals surface area (Å²) in [5.41, 5.74) is 6.95. The predicted molar refractivity (Wildman–Crippen MR) is 158 cm³/mol. The Bertz CT molecular complexity index is 1500. The molecular formula is C30H32FN5O2S. The van der Waals surface area contributed by atoms with Crippen molar-refractivity contribution in [2.24, 2.45) is 0 Å². The number of thiol groups is 1. The molecule has 1 aliphatic carbocycles. The van der Waals surface area contributed by atoms with Gasteiger partial charge in [-0.1, -0.05) is 55.7 Å². The summed E-state index contributed by atoms with van der Waals surface area (Å²) in [6.45, 7) is 14.0. The van der Waals surface area contributed by atoms with Gasteiger partial charge in [0.25, 0.3) is 5.91 Å². The number of rotatable bonds is 8. The van der Waals surface area contributed by atoms with E-state index in [-0.39, 0.29) is 23.5 Å². The normalized spacial score (nSPS) is 13.3. The molecule has 2 heterocycles. The molecule has 0 bridgehead atoms. The van der Waals surface area contributed by atoms with Gasteiger partial charge in [-0.3, -0.25) is 9.59 Å². The van der Waals surface area contributed by atoms with Gasteiger partial charge in [0.2, 0.25) is 0 Å². The summed E-state index contributed by atoms with van der Waals surface area (Å²) in [7, 11) is 0. The van der Waals surface area contributed by atoms with Crippen LogP contribution in [0.25, 0.3) is 11.3 Å². The van der Waals surface area contributed by atoms with Gasteiger partial charge in [-0.15, -0.1) is 12.6 Å². The second-order valence-corrected chi connectivity index (χ2v) is 9.24. The molecule has 202 valence electrons. The van der Waals surface area contributed by atoms with Gasteiger partial charge in [0.05, 0.1) is 23.6 Å². The molecule has 0 saturated heterocycles. The van der Waals surface area contributed by atoms with E-state index in [2.05, 4.69) is 52.6 Å². The zero-order valence-corrected chi connectivity index (χ0v) is 23.1. The van der Waals surface area contributed by atoms with Crippen molar-refractivity contribution in [1.29, 1.82) is 0 Å². The number of carbonyl (C=O) groups is 2. The Kier molecular flexibility index (Phi) is 10.2. The summed E-state index contributed by atoms with van der Waals surface area (Å²) in [5.74, 6) is -0.530. The minimum atomic E-state index is -0.291. The van der Waals surface area contributed by atoms with Gasteiger partial charge in [0.15, 0.2) is 11.3 Å². The van der Waals surface area contributed by atoms with Crippen molar-refractivity contribution in [3.8, 4) is 0 Å². The Hall–Kier alpha value is -4.24. The molecule has 0 radical (unpaired) electrons. The molecule has 1 atom stereocenters. The predicted octanol–water partition coefficient (Wildman–Crippen LogP) is 5.47. The number of hydrogen-bond donors (Lipinski definition) is 3. The van der Waals surface area contributed by atoms with E-state index in [1.54, 1.807) is 35.8 Å². The third-order valence-corrected chi connectivity index (χ3v) is 6.18. The molecule has 0 fully saturated rings. The quantitative estimate of drug-likeness (QED) is 0.258. The summed E-state index contributed by atoms with van der Waals surface area (Å²) >= 11 is 3.11. The van der Waals surface area contributed by atoms with Gasteiger partial charge in [0, 0.05) is 12.1 Å². The first-order chi connectivity index (χ1) is 18.7. The molecular weight excluding hydrogens is 513 g/mol. The standard InChI is InChI=1S/C29H30FN5O.CH2OS/c1-6-22-8-7-9-24(12-10-22)20(4)33-29(36)26-15-27(35-28(34-26)19(3)16-32-35)21(5)31-17-23-11-13-25(30)18(2)14-23;2-1-3/h6-7,9-16,20,31H,1,5,8,17H2,2-4H3,(H,33,36);1H,(H,2,3). The number of carbonyl (C=O) groups excluding carboxylic acids is 2. The molecule has 7 nitrogen and oxygen atoms in total. The van der Waals surface area contributed by atoms with Crippen LogP contribution in [0.4, 0.5) is 4.39 Å². The summed E-state index contributed by atoms with van der Waals surface area (Å²) < 4.78 is 15.3. The van der Waals surface area contributed by atoms with E-state index >= 15 is 0 Å². The number of nitrogens with zero attached hydrogens (tertiary/aromatic N) is 3. The second-order valence-electron chi connectivity index (χ2n) is 9.02. The van der Waals surface area contributed by atoms with Crippen molar-refractivity contribution < 1.29 is 14.0 Å². The van der Waals surface area contributed by atoms with Crippen molar-refractivity contribution in [2.45, 2.75) is 39.8 Å². The van der Waals surface area contributed by atoms with Crippen LogP contribution in [0.3, 0.4) is 0 Å². The minimum Gasteiger partial charge on any atom is -0.380 e. The van der Waals surface area contributed by atoms with Crippen molar-refractivity contribution in [2.75, 3.05) is 0 Å². The first kappa shape index (κ1) is 29.3. The third kappa shape index (κ3) is 7.42. The molecule has 4 rings (SSSR count). The van der Waals surface area contributed by atoms with Crippen LogP contribution in [0.2, 0.25) is 0 Å². The maximum Gasteiger partial charge on any atom is 0.270 e. The van der Waals surface area contributed by atoms with Crippen LogP contribution in [0, 0.1) is 19.7 Å². The van der Waals surface area contributed by atoms with Crippen LogP contribution < -0.4 is 10.6 Å². The fraction of sp³-hybridized carbons (Fsp3) is 0.200. The van der Waals surface area contributed by atoms with Gasteiger partial charge in [0.1, 0.15) is 11.5 Å². The van der Waals surface area contributed by atoms with Crippen LogP contribution in [-0.4, -0.2) is 32.2 Å². The highest BCUT2D eigenvalue weighted by Gasteiger charge is 2.19. The number of aromatic nitrogens is 3. The Labute approximate surface area is 233 Å². The largest absolute Gasteiger partial charge is 0.380 e. The Morgan fingerprint density at radius 3 is 2.69 bits per heavy atom. The number of benzene rings is 1. The van der Waals surface area contributed by atoms with Gasteiger partial charge < -0.3 is 10.6 Å². The fourth-order valence-corrected chi connectivity index (χ4v) is 3.97. The molecule has 1 unspecified atom stereocenters. The van der Waals surface area contributed by atoms with Crippen LogP contribution in [0.15, 0.2) is 85.1 Å². The van der Waals surface area contributed by atoms with E-state index in [1.165, 1.54) is 6.07 Å². The van der Waals surface area contributed by atoms with Gasteiger partial charge >= 0.3 is 0 Å². The summed E-state index contributed by atoms with van der Waals surface area (Å²) in [6, 6.07) is 6.43. The highest BCUT2D eigenvalue weighted by molar-refractivity contribution is 7.94. The summed E-state index contributed by atoms with van der Waals surface area (Å²) in [5, 5.41) is 10.7. The third-order valence-electron chi connectivity index (χ3n) is 6.18. The van der Waals surface area contributed by atoms with Gasteiger partial charge in [-0.05, 0) is 61.6 Å². The number of fused-ring (bicyclic) bond motifs is 1. The lowest BCUT2D eigenvalue weighted by Gasteiger charge is -2.16. The average molecular weight is 546 g/mol. The van der Waals surface area contributed by atoms with Crippen LogP contribution in [0.1, 0.15) is 46.2 Å². The highest BCUT2D eigenvalue weighted by Crippen LogP contribution is 2.19. The molecule has 39 heavy (non-hydrogen) atoms. The number of aryl methyl sites for hydroxylation is 2. The first-order valence-corrected chi connectivity index (χ1v) is 12.8. The number of halogens is 1. The van der Waals surface area contributed by atoms with Crippen molar-refractivity contribution in [1.82, 2.24) is 25.2 Å². The minimum absolute atomic E-state index is 0.218. The number of allylic oxidation sites excluding steroid dienone is 5. The number of hydrogen-bond acceptors (Lipinski definition) is 5. The van der Waals surface area contributed by atoms with Crippen LogP contribution in [0.5, 0.6) is 0 Å². The molecule has 0 spiro atoms. The maximum absolute atomic E-state index is 13.6. The molecule has 1 aliphatic rings.